The lowest BCUT2D eigenvalue weighted by Crippen LogP contribution is -1.86. The van der Waals surface area contributed by atoms with Gasteiger partial charge in [0.25, 0.3) is 0 Å². The summed E-state index contributed by atoms with van der Waals surface area (Å²) >= 11 is 0. The summed E-state index contributed by atoms with van der Waals surface area (Å²) < 4.78 is 2.24. The molecule has 23 heavy (non-hydrogen) atoms. The van der Waals surface area contributed by atoms with Gasteiger partial charge in [-0.15, -0.1) is 0 Å². The molecule has 6 rings (SSSR count). The third-order valence-electron chi connectivity index (χ3n) is 4.94. The molecule has 6 aromatic rings. The fourth-order valence-electron chi connectivity index (χ4n) is 3.97. The molecule has 106 valence electrons. The van der Waals surface area contributed by atoms with Crippen molar-refractivity contribution >= 4 is 49.0 Å². The van der Waals surface area contributed by atoms with Gasteiger partial charge in [0.1, 0.15) is 5.65 Å². The predicted octanol–water partition coefficient (Wildman–Crippen LogP) is 5.38. The number of hydrogen-bond donors (Lipinski definition) is 0. The van der Waals surface area contributed by atoms with Crippen LogP contribution in [0, 0.1) is 0 Å². The van der Waals surface area contributed by atoms with Crippen molar-refractivity contribution in [3.8, 4) is 0 Å². The van der Waals surface area contributed by atoms with E-state index in [0.717, 1.165) is 16.7 Å². The van der Waals surface area contributed by atoms with Crippen molar-refractivity contribution in [3.63, 3.8) is 0 Å². The van der Waals surface area contributed by atoms with Gasteiger partial charge in [0.05, 0.1) is 11.0 Å². The highest BCUT2D eigenvalue weighted by Crippen LogP contribution is 2.39. The molecule has 2 heterocycles. The topological polar surface area (TPSA) is 17.3 Å². The van der Waals surface area contributed by atoms with Gasteiger partial charge in [0.15, 0.2) is 0 Å². The molecular formula is C21H12N2. The predicted molar refractivity (Wildman–Crippen MR) is 96.4 cm³/mol. The lowest BCUT2D eigenvalue weighted by molar-refractivity contribution is 1.26. The van der Waals surface area contributed by atoms with E-state index in [1.54, 1.807) is 0 Å². The van der Waals surface area contributed by atoms with Crippen LogP contribution in [0.15, 0.2) is 72.9 Å². The van der Waals surface area contributed by atoms with Gasteiger partial charge in [-0.2, -0.15) is 0 Å². The Bertz CT molecular complexity index is 1360. The molecule has 0 aliphatic carbocycles. The first kappa shape index (κ1) is 11.4. The summed E-state index contributed by atoms with van der Waals surface area (Å²) in [7, 11) is 0. The lowest BCUT2D eigenvalue weighted by atomic mass is 10.1. The summed E-state index contributed by atoms with van der Waals surface area (Å²) in [5, 5.41) is 7.83. The second-order valence-corrected chi connectivity index (χ2v) is 6.11. The van der Waals surface area contributed by atoms with Crippen molar-refractivity contribution < 1.29 is 0 Å². The molecule has 2 nitrogen and oxygen atoms in total. The average molecular weight is 292 g/mol. The van der Waals surface area contributed by atoms with Crippen molar-refractivity contribution in [3.05, 3.63) is 72.9 Å². The third kappa shape index (κ3) is 1.28. The zero-order valence-electron chi connectivity index (χ0n) is 12.3. The van der Waals surface area contributed by atoms with Gasteiger partial charge >= 0.3 is 0 Å². The van der Waals surface area contributed by atoms with E-state index in [4.69, 9.17) is 4.98 Å². The van der Waals surface area contributed by atoms with Crippen molar-refractivity contribution in [2.75, 3.05) is 0 Å². The zero-order valence-corrected chi connectivity index (χ0v) is 12.3. The minimum atomic E-state index is 1.04. The summed E-state index contributed by atoms with van der Waals surface area (Å²) in [4.78, 5) is 4.88. The summed E-state index contributed by atoms with van der Waals surface area (Å²) in [6.45, 7) is 0. The highest BCUT2D eigenvalue weighted by Gasteiger charge is 2.15. The van der Waals surface area contributed by atoms with E-state index in [1.165, 1.54) is 32.3 Å². The number of para-hydroxylation sites is 2. The quantitative estimate of drug-likeness (QED) is 0.367. The van der Waals surface area contributed by atoms with E-state index in [-0.39, 0.29) is 0 Å². The maximum absolute atomic E-state index is 4.88. The van der Waals surface area contributed by atoms with Gasteiger partial charge < -0.3 is 0 Å². The van der Waals surface area contributed by atoms with Crippen LogP contribution in [0.25, 0.3) is 49.0 Å². The molecule has 2 aromatic heterocycles. The van der Waals surface area contributed by atoms with Crippen LogP contribution in [0.1, 0.15) is 0 Å². The zero-order chi connectivity index (χ0) is 15.0. The van der Waals surface area contributed by atoms with Crippen LogP contribution >= 0.6 is 0 Å². The molecule has 0 radical (unpaired) electrons. The first-order chi connectivity index (χ1) is 11.4. The fourth-order valence-corrected chi connectivity index (χ4v) is 3.97. The first-order valence-corrected chi connectivity index (χ1v) is 7.84. The van der Waals surface area contributed by atoms with Crippen LogP contribution in [0.2, 0.25) is 0 Å². The lowest BCUT2D eigenvalue weighted by Gasteiger charge is -2.03. The largest absolute Gasteiger partial charge is 0.298 e. The molecule has 0 atom stereocenters. The van der Waals surface area contributed by atoms with E-state index in [0.29, 0.717) is 0 Å². The van der Waals surface area contributed by atoms with Crippen LogP contribution in [0.3, 0.4) is 0 Å². The van der Waals surface area contributed by atoms with Crippen molar-refractivity contribution in [2.45, 2.75) is 0 Å². The molecular weight excluding hydrogens is 280 g/mol. The minimum absolute atomic E-state index is 1.04. The van der Waals surface area contributed by atoms with Crippen molar-refractivity contribution in [1.82, 2.24) is 9.38 Å². The van der Waals surface area contributed by atoms with Crippen molar-refractivity contribution in [1.29, 1.82) is 0 Å². The summed E-state index contributed by atoms with van der Waals surface area (Å²) in [5.74, 6) is 0. The Labute approximate surface area is 131 Å². The number of hydrogen-bond acceptors (Lipinski definition) is 1. The summed E-state index contributed by atoms with van der Waals surface area (Å²) in [6.07, 6.45) is 2.25. The van der Waals surface area contributed by atoms with Crippen LogP contribution < -0.4 is 0 Å². The fraction of sp³-hybridized carbons (Fsp3) is 0. The SMILES string of the molecule is c1ccc2c(c1)nc1c3cccc4c5ccccc5c(cn21)c43. The van der Waals surface area contributed by atoms with Crippen LogP contribution in [-0.2, 0) is 0 Å². The maximum Gasteiger partial charge on any atom is 0.145 e. The Morgan fingerprint density at radius 3 is 2.22 bits per heavy atom. The smallest absolute Gasteiger partial charge is 0.145 e. The number of benzene rings is 3. The Hall–Kier alpha value is -3.13. The monoisotopic (exact) mass is 292 g/mol. The third-order valence-corrected chi connectivity index (χ3v) is 4.94. The highest BCUT2D eigenvalue weighted by molar-refractivity contribution is 6.31. The minimum Gasteiger partial charge on any atom is -0.298 e. The van der Waals surface area contributed by atoms with E-state index in [1.807, 2.05) is 6.07 Å². The number of nitrogens with zero attached hydrogens (tertiary/aromatic N) is 2. The van der Waals surface area contributed by atoms with Crippen LogP contribution in [0.4, 0.5) is 0 Å². The number of rotatable bonds is 0. The van der Waals surface area contributed by atoms with Crippen LogP contribution in [0.5, 0.6) is 0 Å². The standard InChI is InChI=1S/C21H12N2/c1-2-7-14-13(6-1)15-8-5-9-16-20(15)17(14)12-23-19-11-4-3-10-18(19)22-21(16)23/h1-12H. The van der Waals surface area contributed by atoms with E-state index in [2.05, 4.69) is 71.3 Å². The molecule has 2 heteroatoms. The van der Waals surface area contributed by atoms with Crippen molar-refractivity contribution in [2.24, 2.45) is 0 Å². The molecule has 0 unspecified atom stereocenters. The van der Waals surface area contributed by atoms with Crippen LogP contribution in [-0.4, -0.2) is 9.38 Å². The van der Waals surface area contributed by atoms with Gasteiger partial charge in [-0.05, 0) is 28.3 Å². The van der Waals surface area contributed by atoms with Gasteiger partial charge in [-0.1, -0.05) is 54.6 Å². The first-order valence-electron chi connectivity index (χ1n) is 7.84. The second kappa shape index (κ2) is 3.79. The molecule has 0 amide bonds. The molecule has 0 N–H and O–H groups in total. The Morgan fingerprint density at radius 2 is 1.30 bits per heavy atom. The number of pyridine rings is 1. The molecule has 0 aliphatic rings. The Kier molecular flexibility index (Phi) is 1.89. The molecule has 0 aliphatic heterocycles. The highest BCUT2D eigenvalue weighted by atomic mass is 15.0. The molecule has 4 aromatic carbocycles. The maximum atomic E-state index is 4.88. The van der Waals surface area contributed by atoms with E-state index < -0.39 is 0 Å². The molecule has 0 saturated carbocycles. The van der Waals surface area contributed by atoms with Gasteiger partial charge in [0, 0.05) is 22.4 Å². The van der Waals surface area contributed by atoms with E-state index >= 15 is 0 Å². The average Bonchev–Trinajstić information content (AvgIpc) is 3.14. The molecule has 0 spiro atoms. The second-order valence-electron chi connectivity index (χ2n) is 6.11. The number of fused-ring (bicyclic) bond motifs is 7. The molecule has 0 fully saturated rings. The Morgan fingerprint density at radius 1 is 0.609 bits per heavy atom. The van der Waals surface area contributed by atoms with Gasteiger partial charge in [-0.25, -0.2) is 4.98 Å². The number of aromatic nitrogens is 2. The number of imidazole rings is 1. The van der Waals surface area contributed by atoms with Gasteiger partial charge in [-0.3, -0.25) is 4.40 Å². The van der Waals surface area contributed by atoms with E-state index in [9.17, 15) is 0 Å². The summed E-state index contributed by atoms with van der Waals surface area (Å²) in [5.41, 5.74) is 3.25. The molecule has 0 bridgehead atoms. The summed E-state index contributed by atoms with van der Waals surface area (Å²) in [6, 6.07) is 23.6. The Balaban J connectivity index is 2.04. The van der Waals surface area contributed by atoms with Gasteiger partial charge in [0.2, 0.25) is 0 Å². The molecule has 0 saturated heterocycles. The normalized spacial score (nSPS) is 12.3.